The van der Waals surface area contributed by atoms with Crippen LogP contribution in [-0.2, 0) is 20.0 Å². The molecular formula is C13H12ClN3O4S2. The normalized spacial score (nSPS) is 19.7. The first-order chi connectivity index (χ1) is 10.7. The predicted molar refractivity (Wildman–Crippen MR) is 86.0 cm³/mol. The Labute approximate surface area is 138 Å². The summed E-state index contributed by atoms with van der Waals surface area (Å²) >= 11 is 5.92. The van der Waals surface area contributed by atoms with Crippen molar-refractivity contribution in [2.75, 3.05) is 5.32 Å². The maximum Gasteiger partial charge on any atom is 0.244 e. The highest BCUT2D eigenvalue weighted by Gasteiger charge is 2.32. The van der Waals surface area contributed by atoms with Crippen LogP contribution in [0.25, 0.3) is 0 Å². The molecule has 0 saturated carbocycles. The van der Waals surface area contributed by atoms with E-state index in [4.69, 9.17) is 16.7 Å². The standard InChI is InChI=1S/C13H12ClN3O4S2/c14-9-6-10-12(7-11(9)22(15,18)19)23(20,21)17-13(16-10)8-4-2-1-3-5-8/h1-7,13,16-17H,(H2,15,18,19)/t13-/m0/s1. The Morgan fingerprint density at radius 1 is 1.13 bits per heavy atom. The number of rotatable bonds is 2. The molecule has 1 heterocycles. The lowest BCUT2D eigenvalue weighted by molar-refractivity contribution is 0.562. The number of halogens is 1. The summed E-state index contributed by atoms with van der Waals surface area (Å²) in [6.07, 6.45) is -0.690. The zero-order valence-corrected chi connectivity index (χ0v) is 13.9. The second-order valence-electron chi connectivity index (χ2n) is 4.93. The van der Waals surface area contributed by atoms with Gasteiger partial charge in [-0.3, -0.25) is 0 Å². The lowest BCUT2D eigenvalue weighted by Crippen LogP contribution is -2.38. The van der Waals surface area contributed by atoms with Crippen molar-refractivity contribution >= 4 is 37.3 Å². The van der Waals surface area contributed by atoms with Crippen molar-refractivity contribution in [3.8, 4) is 0 Å². The van der Waals surface area contributed by atoms with Gasteiger partial charge in [0.15, 0.2) is 0 Å². The zero-order chi connectivity index (χ0) is 16.8. The summed E-state index contributed by atoms with van der Waals surface area (Å²) in [5, 5.41) is 7.88. The van der Waals surface area contributed by atoms with Gasteiger partial charge in [0, 0.05) is 0 Å². The lowest BCUT2D eigenvalue weighted by Gasteiger charge is -2.28. The molecule has 0 aromatic heterocycles. The van der Waals surface area contributed by atoms with E-state index in [1.165, 1.54) is 6.07 Å². The van der Waals surface area contributed by atoms with E-state index in [1.807, 2.05) is 6.07 Å². The van der Waals surface area contributed by atoms with Crippen molar-refractivity contribution < 1.29 is 16.8 Å². The number of fused-ring (bicyclic) bond motifs is 1. The van der Waals surface area contributed by atoms with Crippen LogP contribution >= 0.6 is 11.6 Å². The molecule has 0 saturated heterocycles. The van der Waals surface area contributed by atoms with Crippen LogP contribution in [0.1, 0.15) is 11.7 Å². The minimum atomic E-state index is -4.13. The van der Waals surface area contributed by atoms with Crippen LogP contribution in [0.3, 0.4) is 0 Å². The van der Waals surface area contributed by atoms with Gasteiger partial charge < -0.3 is 5.32 Å². The van der Waals surface area contributed by atoms with Gasteiger partial charge in [0.1, 0.15) is 16.0 Å². The second-order valence-corrected chi connectivity index (χ2v) is 8.55. The Kier molecular flexibility index (Phi) is 3.85. The fourth-order valence-electron chi connectivity index (χ4n) is 2.29. The van der Waals surface area contributed by atoms with E-state index in [9.17, 15) is 16.8 Å². The summed E-state index contributed by atoms with van der Waals surface area (Å²) in [7, 11) is -8.06. The average molecular weight is 374 g/mol. The second kappa shape index (κ2) is 5.46. The molecule has 0 amide bonds. The minimum absolute atomic E-state index is 0.150. The number of hydrogen-bond acceptors (Lipinski definition) is 5. The molecule has 2 aromatic carbocycles. The minimum Gasteiger partial charge on any atom is -0.364 e. The van der Waals surface area contributed by atoms with Gasteiger partial charge in [-0.15, -0.1) is 0 Å². The van der Waals surface area contributed by atoms with Crippen LogP contribution in [0.4, 0.5) is 5.69 Å². The molecule has 1 aliphatic heterocycles. The topological polar surface area (TPSA) is 118 Å². The first-order valence-corrected chi connectivity index (χ1v) is 9.79. The number of sulfonamides is 2. The molecule has 2 aromatic rings. The van der Waals surface area contributed by atoms with Gasteiger partial charge in [-0.25, -0.2) is 22.0 Å². The van der Waals surface area contributed by atoms with Crippen molar-refractivity contribution in [1.82, 2.24) is 4.72 Å². The number of nitrogens with one attached hydrogen (secondary N) is 2. The number of anilines is 1. The highest BCUT2D eigenvalue weighted by atomic mass is 35.5. The predicted octanol–water partition coefficient (Wildman–Crippen LogP) is 1.39. The Morgan fingerprint density at radius 2 is 1.78 bits per heavy atom. The van der Waals surface area contributed by atoms with Gasteiger partial charge in [-0.1, -0.05) is 41.9 Å². The lowest BCUT2D eigenvalue weighted by atomic mass is 10.1. The summed E-state index contributed by atoms with van der Waals surface area (Å²) in [6, 6.07) is 11.1. The van der Waals surface area contributed by atoms with Crippen LogP contribution in [0.5, 0.6) is 0 Å². The van der Waals surface area contributed by atoms with Crippen LogP contribution < -0.4 is 15.2 Å². The summed E-state index contributed by atoms with van der Waals surface area (Å²) < 4.78 is 50.3. The molecule has 0 fully saturated rings. The van der Waals surface area contributed by atoms with Crippen molar-refractivity contribution in [3.05, 3.63) is 53.1 Å². The van der Waals surface area contributed by atoms with Crippen LogP contribution in [0, 0.1) is 0 Å². The summed E-state index contributed by atoms with van der Waals surface area (Å²) in [4.78, 5) is -0.665. The number of primary sulfonamides is 1. The molecule has 23 heavy (non-hydrogen) atoms. The van der Waals surface area contributed by atoms with Crippen LogP contribution in [-0.4, -0.2) is 16.8 Å². The fourth-order valence-corrected chi connectivity index (χ4v) is 4.77. The van der Waals surface area contributed by atoms with Gasteiger partial charge in [0.05, 0.1) is 10.7 Å². The van der Waals surface area contributed by atoms with Gasteiger partial charge >= 0.3 is 0 Å². The van der Waals surface area contributed by atoms with Gasteiger partial charge in [0.25, 0.3) is 0 Å². The molecule has 0 radical (unpaired) electrons. The maximum atomic E-state index is 12.4. The molecule has 4 N–H and O–H groups in total. The molecule has 0 spiro atoms. The third-order valence-corrected chi connectivity index (χ3v) is 6.17. The smallest absolute Gasteiger partial charge is 0.244 e. The largest absolute Gasteiger partial charge is 0.364 e. The Bertz CT molecular complexity index is 976. The van der Waals surface area contributed by atoms with Crippen molar-refractivity contribution in [3.63, 3.8) is 0 Å². The molecule has 0 unspecified atom stereocenters. The molecular weight excluding hydrogens is 362 g/mol. The number of benzene rings is 2. The van der Waals surface area contributed by atoms with E-state index in [1.54, 1.807) is 24.3 Å². The number of nitrogens with two attached hydrogens (primary N) is 1. The summed E-state index contributed by atoms with van der Waals surface area (Å²) in [5.74, 6) is 0. The fraction of sp³-hybridized carbons (Fsp3) is 0.0769. The highest BCUT2D eigenvalue weighted by molar-refractivity contribution is 7.90. The molecule has 1 aliphatic rings. The van der Waals surface area contributed by atoms with Gasteiger partial charge in [0.2, 0.25) is 20.0 Å². The molecule has 0 aliphatic carbocycles. The van der Waals surface area contributed by atoms with E-state index in [0.717, 1.165) is 6.07 Å². The van der Waals surface area contributed by atoms with Crippen molar-refractivity contribution in [1.29, 1.82) is 0 Å². The quantitative estimate of drug-likeness (QED) is 0.735. The average Bonchev–Trinajstić information content (AvgIpc) is 2.45. The van der Waals surface area contributed by atoms with Crippen LogP contribution in [0.15, 0.2) is 52.3 Å². The zero-order valence-electron chi connectivity index (χ0n) is 11.5. The number of hydrogen-bond donors (Lipinski definition) is 3. The summed E-state index contributed by atoms with van der Waals surface area (Å²) in [6.45, 7) is 0. The van der Waals surface area contributed by atoms with E-state index in [-0.39, 0.29) is 15.6 Å². The third-order valence-electron chi connectivity index (χ3n) is 3.34. The van der Waals surface area contributed by atoms with E-state index in [0.29, 0.717) is 5.56 Å². The van der Waals surface area contributed by atoms with E-state index >= 15 is 0 Å². The molecule has 122 valence electrons. The first-order valence-electron chi connectivity index (χ1n) is 6.39. The van der Waals surface area contributed by atoms with Crippen molar-refractivity contribution in [2.24, 2.45) is 5.14 Å². The van der Waals surface area contributed by atoms with E-state index in [2.05, 4.69) is 10.0 Å². The van der Waals surface area contributed by atoms with Gasteiger partial charge in [-0.05, 0) is 17.7 Å². The highest BCUT2D eigenvalue weighted by Crippen LogP contribution is 2.36. The Morgan fingerprint density at radius 3 is 2.39 bits per heavy atom. The first kappa shape index (κ1) is 16.2. The van der Waals surface area contributed by atoms with Gasteiger partial charge in [-0.2, -0.15) is 4.72 Å². The SMILES string of the molecule is NS(=O)(=O)c1cc2c(cc1Cl)N[C@H](c1ccccc1)NS2(=O)=O. The molecule has 3 rings (SSSR count). The molecule has 7 nitrogen and oxygen atoms in total. The van der Waals surface area contributed by atoms with Crippen molar-refractivity contribution in [2.45, 2.75) is 16.0 Å². The Balaban J connectivity index is 2.15. The van der Waals surface area contributed by atoms with E-state index < -0.39 is 31.1 Å². The molecule has 0 bridgehead atoms. The molecule has 10 heteroatoms. The van der Waals surface area contributed by atoms with Crippen LogP contribution in [0.2, 0.25) is 5.02 Å². The third kappa shape index (κ3) is 3.06. The monoisotopic (exact) mass is 373 g/mol. The summed E-state index contributed by atoms with van der Waals surface area (Å²) in [5.41, 5.74) is 0.906. The Hall–Kier alpha value is -1.65. The molecule has 1 atom stereocenters. The maximum absolute atomic E-state index is 12.4.